The molecule has 1 rings (SSSR count). The number of rotatable bonds is 6. The Kier molecular flexibility index (Phi) is 6.41. The van der Waals surface area contributed by atoms with Crippen LogP contribution >= 0.6 is 0 Å². The molecule has 0 saturated carbocycles. The van der Waals surface area contributed by atoms with Crippen molar-refractivity contribution in [3.63, 3.8) is 0 Å². The first kappa shape index (κ1) is 12.5. The first-order chi connectivity index (χ1) is 7.33. The first-order valence-electron chi connectivity index (χ1n) is 6.10. The highest BCUT2D eigenvalue weighted by molar-refractivity contribution is 5.69. The summed E-state index contributed by atoms with van der Waals surface area (Å²) < 4.78 is 10.5. The van der Waals surface area contributed by atoms with Crippen LogP contribution in [0, 0.1) is 0 Å². The van der Waals surface area contributed by atoms with Crippen molar-refractivity contribution >= 4 is 5.97 Å². The summed E-state index contributed by atoms with van der Waals surface area (Å²) in [5.74, 6) is -0.0675. The monoisotopic (exact) mass is 214 g/mol. The van der Waals surface area contributed by atoms with Gasteiger partial charge in [0.25, 0.3) is 0 Å². The van der Waals surface area contributed by atoms with Gasteiger partial charge in [0.05, 0.1) is 12.7 Å². The third-order valence-electron chi connectivity index (χ3n) is 2.74. The van der Waals surface area contributed by atoms with Crippen LogP contribution in [0.2, 0.25) is 0 Å². The first-order valence-corrected chi connectivity index (χ1v) is 6.10. The molecule has 0 aromatic rings. The lowest BCUT2D eigenvalue weighted by atomic mass is 10.0. The van der Waals surface area contributed by atoms with Crippen molar-refractivity contribution in [1.29, 1.82) is 0 Å². The van der Waals surface area contributed by atoms with E-state index in [4.69, 9.17) is 9.47 Å². The Bertz CT molecular complexity index is 174. The Morgan fingerprint density at radius 2 is 2.27 bits per heavy atom. The molecule has 3 nitrogen and oxygen atoms in total. The molecule has 0 amide bonds. The summed E-state index contributed by atoms with van der Waals surface area (Å²) in [6.07, 6.45) is 7.80. The van der Waals surface area contributed by atoms with Crippen LogP contribution in [0.5, 0.6) is 0 Å². The Balaban J connectivity index is 1.93. The van der Waals surface area contributed by atoms with Gasteiger partial charge in [-0.2, -0.15) is 0 Å². The highest BCUT2D eigenvalue weighted by Gasteiger charge is 2.13. The van der Waals surface area contributed by atoms with Gasteiger partial charge in [-0.05, 0) is 39.0 Å². The van der Waals surface area contributed by atoms with Gasteiger partial charge in [0.2, 0.25) is 0 Å². The smallest absolute Gasteiger partial charge is 0.305 e. The van der Waals surface area contributed by atoms with Crippen molar-refractivity contribution in [2.45, 2.75) is 58.0 Å². The van der Waals surface area contributed by atoms with Crippen LogP contribution in [-0.4, -0.2) is 25.3 Å². The fraction of sp³-hybridized carbons (Fsp3) is 0.917. The van der Waals surface area contributed by atoms with Crippen LogP contribution in [0.3, 0.4) is 0 Å². The molecule has 1 heterocycles. The van der Waals surface area contributed by atoms with Crippen LogP contribution in [0.4, 0.5) is 0 Å². The molecule has 0 aromatic heterocycles. The molecule has 0 radical (unpaired) electrons. The normalized spacial score (nSPS) is 21.3. The van der Waals surface area contributed by atoms with Gasteiger partial charge in [0.1, 0.15) is 0 Å². The van der Waals surface area contributed by atoms with Crippen LogP contribution < -0.4 is 0 Å². The van der Waals surface area contributed by atoms with E-state index >= 15 is 0 Å². The highest BCUT2D eigenvalue weighted by Crippen LogP contribution is 2.18. The largest absolute Gasteiger partial charge is 0.466 e. The Morgan fingerprint density at radius 3 is 2.93 bits per heavy atom. The second-order valence-electron chi connectivity index (χ2n) is 4.04. The molecule has 0 N–H and O–H groups in total. The van der Waals surface area contributed by atoms with Crippen LogP contribution in [-0.2, 0) is 14.3 Å². The zero-order valence-electron chi connectivity index (χ0n) is 9.67. The molecule has 0 bridgehead atoms. The predicted molar refractivity (Wildman–Crippen MR) is 58.7 cm³/mol. The molecule has 0 aromatic carbocycles. The Hall–Kier alpha value is -0.570. The van der Waals surface area contributed by atoms with Crippen molar-refractivity contribution in [2.24, 2.45) is 0 Å². The van der Waals surface area contributed by atoms with Gasteiger partial charge in [0, 0.05) is 13.0 Å². The molecule has 1 atom stereocenters. The second kappa shape index (κ2) is 7.69. The summed E-state index contributed by atoms with van der Waals surface area (Å²) in [4.78, 5) is 11.0. The van der Waals surface area contributed by atoms with Crippen molar-refractivity contribution in [3.05, 3.63) is 0 Å². The quantitative estimate of drug-likeness (QED) is 0.503. The maximum Gasteiger partial charge on any atom is 0.305 e. The maximum absolute atomic E-state index is 11.0. The number of ether oxygens (including phenoxy) is 2. The molecule has 88 valence electrons. The SMILES string of the molecule is CCOC(=O)CCCCC1CCCCO1. The van der Waals surface area contributed by atoms with E-state index in [0.29, 0.717) is 19.1 Å². The lowest BCUT2D eigenvalue weighted by Crippen LogP contribution is -2.18. The molecule has 1 fully saturated rings. The third kappa shape index (κ3) is 5.78. The van der Waals surface area contributed by atoms with E-state index in [9.17, 15) is 4.79 Å². The molecule has 1 aliphatic rings. The number of carbonyl (C=O) groups excluding carboxylic acids is 1. The van der Waals surface area contributed by atoms with Crippen molar-refractivity contribution in [3.8, 4) is 0 Å². The summed E-state index contributed by atoms with van der Waals surface area (Å²) in [6, 6.07) is 0. The van der Waals surface area contributed by atoms with Crippen molar-refractivity contribution in [2.75, 3.05) is 13.2 Å². The second-order valence-corrected chi connectivity index (χ2v) is 4.04. The van der Waals surface area contributed by atoms with E-state index in [1.165, 1.54) is 19.3 Å². The number of carbonyl (C=O) groups is 1. The van der Waals surface area contributed by atoms with Crippen LogP contribution in [0.25, 0.3) is 0 Å². The van der Waals surface area contributed by atoms with E-state index in [1.54, 1.807) is 0 Å². The fourth-order valence-corrected chi connectivity index (χ4v) is 1.91. The molecule has 0 spiro atoms. The topological polar surface area (TPSA) is 35.5 Å². The molecule has 3 heteroatoms. The average molecular weight is 214 g/mol. The fourth-order valence-electron chi connectivity index (χ4n) is 1.91. The van der Waals surface area contributed by atoms with Crippen molar-refractivity contribution < 1.29 is 14.3 Å². The van der Waals surface area contributed by atoms with Crippen LogP contribution in [0.15, 0.2) is 0 Å². The third-order valence-corrected chi connectivity index (χ3v) is 2.74. The van der Waals surface area contributed by atoms with E-state index in [-0.39, 0.29) is 5.97 Å². The lowest BCUT2D eigenvalue weighted by Gasteiger charge is -2.22. The van der Waals surface area contributed by atoms with Gasteiger partial charge in [-0.3, -0.25) is 4.79 Å². The minimum absolute atomic E-state index is 0.0675. The minimum Gasteiger partial charge on any atom is -0.466 e. The van der Waals surface area contributed by atoms with Gasteiger partial charge in [-0.1, -0.05) is 6.42 Å². The molecular weight excluding hydrogens is 192 g/mol. The van der Waals surface area contributed by atoms with Gasteiger partial charge >= 0.3 is 5.97 Å². The van der Waals surface area contributed by atoms with Gasteiger partial charge < -0.3 is 9.47 Å². The molecule has 0 aliphatic carbocycles. The van der Waals surface area contributed by atoms with E-state index < -0.39 is 0 Å². The lowest BCUT2D eigenvalue weighted by molar-refractivity contribution is -0.143. The average Bonchev–Trinajstić information content (AvgIpc) is 2.26. The van der Waals surface area contributed by atoms with Crippen LogP contribution in [0.1, 0.15) is 51.9 Å². The number of unbranched alkanes of at least 4 members (excludes halogenated alkanes) is 1. The van der Waals surface area contributed by atoms with E-state index in [2.05, 4.69) is 0 Å². The maximum atomic E-state index is 11.0. The molecule has 15 heavy (non-hydrogen) atoms. The minimum atomic E-state index is -0.0675. The van der Waals surface area contributed by atoms with Gasteiger partial charge in [-0.15, -0.1) is 0 Å². The molecular formula is C12H22O3. The van der Waals surface area contributed by atoms with E-state index in [0.717, 1.165) is 25.9 Å². The summed E-state index contributed by atoms with van der Waals surface area (Å²) in [5, 5.41) is 0. The summed E-state index contributed by atoms with van der Waals surface area (Å²) in [6.45, 7) is 3.25. The molecule has 1 unspecified atom stereocenters. The Morgan fingerprint density at radius 1 is 1.40 bits per heavy atom. The summed E-state index contributed by atoms with van der Waals surface area (Å²) in [7, 11) is 0. The van der Waals surface area contributed by atoms with E-state index in [1.807, 2.05) is 6.92 Å². The molecule has 1 aliphatic heterocycles. The van der Waals surface area contributed by atoms with Crippen molar-refractivity contribution in [1.82, 2.24) is 0 Å². The summed E-state index contributed by atoms with van der Waals surface area (Å²) >= 11 is 0. The van der Waals surface area contributed by atoms with Gasteiger partial charge in [-0.25, -0.2) is 0 Å². The standard InChI is InChI=1S/C12H22O3/c1-2-14-12(13)9-4-3-7-11-8-5-6-10-15-11/h11H,2-10H2,1H3. The van der Waals surface area contributed by atoms with Gasteiger partial charge in [0.15, 0.2) is 0 Å². The zero-order valence-corrected chi connectivity index (χ0v) is 9.67. The predicted octanol–water partition coefficient (Wildman–Crippen LogP) is 2.68. The number of esters is 1. The summed E-state index contributed by atoms with van der Waals surface area (Å²) in [5.41, 5.74) is 0. The Labute approximate surface area is 92.1 Å². The zero-order chi connectivity index (χ0) is 10.9. The molecule has 1 saturated heterocycles. The number of hydrogen-bond donors (Lipinski definition) is 0. The number of hydrogen-bond acceptors (Lipinski definition) is 3. The highest BCUT2D eigenvalue weighted by atomic mass is 16.5.